The van der Waals surface area contributed by atoms with Crippen molar-refractivity contribution < 1.29 is 9.53 Å². The van der Waals surface area contributed by atoms with Crippen molar-refractivity contribution in [1.29, 1.82) is 0 Å². The van der Waals surface area contributed by atoms with Crippen LogP contribution < -0.4 is 0 Å². The molecule has 0 spiro atoms. The lowest BCUT2D eigenvalue weighted by atomic mass is 10.2. The molecule has 2 rings (SSSR count). The molecule has 0 amide bonds. The molecule has 0 bridgehead atoms. The van der Waals surface area contributed by atoms with Crippen molar-refractivity contribution in [3.63, 3.8) is 0 Å². The summed E-state index contributed by atoms with van der Waals surface area (Å²) in [6.45, 7) is 0.548. The molecule has 0 saturated heterocycles. The predicted molar refractivity (Wildman–Crippen MR) is 74.4 cm³/mol. The van der Waals surface area contributed by atoms with Crippen molar-refractivity contribution in [1.82, 2.24) is 4.57 Å². The predicted octanol–water partition coefficient (Wildman–Crippen LogP) is 3.34. The summed E-state index contributed by atoms with van der Waals surface area (Å²) in [4.78, 5) is 11.0. The molecule has 5 heteroatoms. The van der Waals surface area contributed by atoms with E-state index in [2.05, 4.69) is 36.6 Å². The van der Waals surface area contributed by atoms with Crippen molar-refractivity contribution in [2.75, 3.05) is 7.11 Å². The van der Waals surface area contributed by atoms with Crippen LogP contribution in [0, 0.1) is 0 Å². The van der Waals surface area contributed by atoms with E-state index in [0.29, 0.717) is 6.54 Å². The first-order valence-electron chi connectivity index (χ1n) is 5.08. The van der Waals surface area contributed by atoms with Crippen LogP contribution in [0.3, 0.4) is 0 Å². The zero-order chi connectivity index (χ0) is 12.4. The van der Waals surface area contributed by atoms with E-state index in [9.17, 15) is 4.79 Å². The van der Waals surface area contributed by atoms with Gasteiger partial charge in [0.25, 0.3) is 0 Å². The summed E-state index contributed by atoms with van der Waals surface area (Å²) < 4.78 is 7.73. The van der Waals surface area contributed by atoms with Crippen molar-refractivity contribution in [3.05, 3.63) is 34.9 Å². The molecular formula is C12H11Br2NO2. The molecule has 0 radical (unpaired) electrons. The van der Waals surface area contributed by atoms with Crippen LogP contribution in [0.5, 0.6) is 0 Å². The minimum atomic E-state index is -0.331. The Hall–Kier alpha value is -0.810. The van der Waals surface area contributed by atoms with Crippen LogP contribution in [-0.2, 0) is 16.1 Å². The number of fused-ring (bicyclic) bond motifs is 1. The number of methoxy groups -OCH3 is 1. The maximum absolute atomic E-state index is 11.3. The summed E-state index contributed by atoms with van der Waals surface area (Å²) in [6, 6.07) is 8.10. The molecule has 0 N–H and O–H groups in total. The van der Waals surface area contributed by atoms with Crippen LogP contribution >= 0.6 is 31.9 Å². The Bertz CT molecular complexity index is 550. The van der Waals surface area contributed by atoms with E-state index < -0.39 is 0 Å². The van der Waals surface area contributed by atoms with Crippen LogP contribution in [-0.4, -0.2) is 22.5 Å². The standard InChI is InChI=1S/C12H11Br2NO2/c1-17-12(16)10(14)7-15-5-4-8-2-3-9(13)6-11(8)15/h2-6,10H,7H2,1H3. The highest BCUT2D eigenvalue weighted by molar-refractivity contribution is 9.10. The van der Waals surface area contributed by atoms with Gasteiger partial charge in [0.05, 0.1) is 7.11 Å². The molecule has 1 atom stereocenters. The molecule has 2 aromatic rings. The van der Waals surface area contributed by atoms with Crippen molar-refractivity contribution in [2.45, 2.75) is 11.4 Å². The van der Waals surface area contributed by atoms with Gasteiger partial charge >= 0.3 is 5.97 Å². The summed E-state index contributed by atoms with van der Waals surface area (Å²) in [5.74, 6) is -0.262. The van der Waals surface area contributed by atoms with E-state index in [1.807, 2.05) is 35.0 Å². The number of esters is 1. The summed E-state index contributed by atoms with van der Waals surface area (Å²) in [5.41, 5.74) is 1.09. The molecule has 0 aliphatic rings. The maximum Gasteiger partial charge on any atom is 0.321 e. The second kappa shape index (κ2) is 5.23. The summed E-state index contributed by atoms with van der Waals surface area (Å²) in [5, 5.41) is 1.15. The summed E-state index contributed by atoms with van der Waals surface area (Å²) in [7, 11) is 1.39. The second-order valence-electron chi connectivity index (χ2n) is 3.66. The normalized spacial score (nSPS) is 12.6. The number of nitrogens with zero attached hydrogens (tertiary/aromatic N) is 1. The van der Waals surface area contributed by atoms with Gasteiger partial charge in [-0.3, -0.25) is 4.79 Å². The van der Waals surface area contributed by atoms with Crippen molar-refractivity contribution in [2.24, 2.45) is 0 Å². The molecule has 3 nitrogen and oxygen atoms in total. The van der Waals surface area contributed by atoms with Gasteiger partial charge < -0.3 is 9.30 Å². The van der Waals surface area contributed by atoms with E-state index in [0.717, 1.165) is 15.4 Å². The zero-order valence-electron chi connectivity index (χ0n) is 9.19. The lowest BCUT2D eigenvalue weighted by Crippen LogP contribution is -2.21. The number of hydrogen-bond acceptors (Lipinski definition) is 2. The van der Waals surface area contributed by atoms with E-state index in [4.69, 9.17) is 0 Å². The largest absolute Gasteiger partial charge is 0.468 e. The van der Waals surface area contributed by atoms with Crippen LogP contribution in [0.15, 0.2) is 34.9 Å². The molecule has 0 aliphatic heterocycles. The number of alkyl halides is 1. The first-order chi connectivity index (χ1) is 8.11. The first-order valence-corrected chi connectivity index (χ1v) is 6.79. The molecule has 1 heterocycles. The van der Waals surface area contributed by atoms with Gasteiger partial charge in [0, 0.05) is 22.7 Å². The smallest absolute Gasteiger partial charge is 0.321 e. The second-order valence-corrected chi connectivity index (χ2v) is 5.68. The van der Waals surface area contributed by atoms with Crippen molar-refractivity contribution in [3.8, 4) is 0 Å². The quantitative estimate of drug-likeness (QED) is 0.621. The Morgan fingerprint density at radius 1 is 1.47 bits per heavy atom. The van der Waals surface area contributed by atoms with Crippen LogP contribution in [0.25, 0.3) is 10.9 Å². The fourth-order valence-corrected chi connectivity index (χ4v) is 2.54. The van der Waals surface area contributed by atoms with E-state index >= 15 is 0 Å². The third-order valence-electron chi connectivity index (χ3n) is 2.55. The number of rotatable bonds is 3. The lowest BCUT2D eigenvalue weighted by Gasteiger charge is -2.10. The minimum absolute atomic E-state index is 0.262. The van der Waals surface area contributed by atoms with Gasteiger partial charge in [-0.05, 0) is 23.6 Å². The summed E-state index contributed by atoms with van der Waals surface area (Å²) in [6.07, 6.45) is 1.97. The molecule has 1 aromatic heterocycles. The van der Waals surface area contributed by atoms with Gasteiger partial charge in [0.1, 0.15) is 4.83 Å². The summed E-state index contributed by atoms with van der Waals surface area (Å²) >= 11 is 6.77. The lowest BCUT2D eigenvalue weighted by molar-refractivity contribution is -0.140. The Kier molecular flexibility index (Phi) is 3.89. The maximum atomic E-state index is 11.3. The van der Waals surface area contributed by atoms with Gasteiger partial charge in [-0.15, -0.1) is 0 Å². The molecule has 1 aromatic carbocycles. The van der Waals surface area contributed by atoms with Gasteiger partial charge in [-0.25, -0.2) is 0 Å². The number of ether oxygens (including phenoxy) is 1. The highest BCUT2D eigenvalue weighted by Crippen LogP contribution is 2.22. The van der Waals surface area contributed by atoms with Crippen LogP contribution in [0.4, 0.5) is 0 Å². The van der Waals surface area contributed by atoms with Gasteiger partial charge in [-0.2, -0.15) is 0 Å². The van der Waals surface area contributed by atoms with E-state index in [1.165, 1.54) is 7.11 Å². The number of aromatic nitrogens is 1. The number of halogens is 2. The first kappa shape index (κ1) is 12.6. The average Bonchev–Trinajstić information content (AvgIpc) is 2.71. The van der Waals surface area contributed by atoms with Gasteiger partial charge in [0.15, 0.2) is 0 Å². The van der Waals surface area contributed by atoms with E-state index in [-0.39, 0.29) is 10.8 Å². The molecule has 0 saturated carbocycles. The number of carbonyl (C=O) groups excluding carboxylic acids is 1. The Labute approximate surface area is 116 Å². The number of benzene rings is 1. The Morgan fingerprint density at radius 3 is 2.94 bits per heavy atom. The molecule has 90 valence electrons. The molecule has 1 unspecified atom stereocenters. The molecular weight excluding hydrogens is 350 g/mol. The number of hydrogen-bond donors (Lipinski definition) is 0. The SMILES string of the molecule is COC(=O)C(Br)Cn1ccc2ccc(Br)cc21. The van der Waals surface area contributed by atoms with Crippen LogP contribution in [0.1, 0.15) is 0 Å². The monoisotopic (exact) mass is 359 g/mol. The highest BCUT2D eigenvalue weighted by Gasteiger charge is 2.16. The molecule has 17 heavy (non-hydrogen) atoms. The zero-order valence-corrected chi connectivity index (χ0v) is 12.4. The molecule has 0 fully saturated rings. The third kappa shape index (κ3) is 2.72. The fourth-order valence-electron chi connectivity index (χ4n) is 1.69. The number of carbonyl (C=O) groups is 1. The Morgan fingerprint density at radius 2 is 2.24 bits per heavy atom. The van der Waals surface area contributed by atoms with Gasteiger partial charge in [0.2, 0.25) is 0 Å². The Balaban J connectivity index is 2.30. The average molecular weight is 361 g/mol. The van der Waals surface area contributed by atoms with Gasteiger partial charge in [-0.1, -0.05) is 37.9 Å². The van der Waals surface area contributed by atoms with E-state index in [1.54, 1.807) is 0 Å². The fraction of sp³-hybridized carbons (Fsp3) is 0.250. The topological polar surface area (TPSA) is 31.2 Å². The molecule has 0 aliphatic carbocycles. The highest BCUT2D eigenvalue weighted by atomic mass is 79.9. The van der Waals surface area contributed by atoms with Crippen molar-refractivity contribution >= 4 is 48.7 Å². The van der Waals surface area contributed by atoms with Crippen LogP contribution in [0.2, 0.25) is 0 Å². The third-order valence-corrected chi connectivity index (χ3v) is 3.71. The minimum Gasteiger partial charge on any atom is -0.468 e.